The molecular formula is C24H20ClN7O. The van der Waals surface area contributed by atoms with Crippen LogP contribution in [0, 0.1) is 0 Å². The van der Waals surface area contributed by atoms with Gasteiger partial charge >= 0.3 is 0 Å². The summed E-state index contributed by atoms with van der Waals surface area (Å²) in [6.07, 6.45) is 8.13. The number of benzene rings is 1. The van der Waals surface area contributed by atoms with Crippen LogP contribution in [0.2, 0.25) is 5.02 Å². The molecule has 1 saturated heterocycles. The number of aromatic nitrogens is 5. The van der Waals surface area contributed by atoms with E-state index in [1.165, 1.54) is 6.33 Å². The third-order valence-corrected chi connectivity index (χ3v) is 5.90. The minimum absolute atomic E-state index is 0.157. The number of likely N-dealkylation sites (tertiary alicyclic amines) is 1. The lowest BCUT2D eigenvalue weighted by Crippen LogP contribution is -2.32. The Bertz CT molecular complexity index is 1300. The molecule has 33 heavy (non-hydrogen) atoms. The Morgan fingerprint density at radius 3 is 2.58 bits per heavy atom. The van der Waals surface area contributed by atoms with E-state index in [0.717, 1.165) is 35.2 Å². The van der Waals surface area contributed by atoms with Crippen LogP contribution >= 0.6 is 11.6 Å². The van der Waals surface area contributed by atoms with Crippen LogP contribution in [-0.4, -0.2) is 42.3 Å². The number of carbonyl (C=O) groups is 1. The first-order chi connectivity index (χ1) is 16.1. The lowest BCUT2D eigenvalue weighted by Gasteiger charge is -2.26. The molecule has 0 bridgehead atoms. The fourth-order valence-corrected chi connectivity index (χ4v) is 4.23. The number of nitrogen functional groups attached to an aromatic ring is 1. The molecule has 1 aliphatic heterocycles. The van der Waals surface area contributed by atoms with Crippen LogP contribution in [0.15, 0.2) is 67.4 Å². The summed E-state index contributed by atoms with van der Waals surface area (Å²) in [5.41, 5.74) is 10.2. The third-order valence-electron chi connectivity index (χ3n) is 5.65. The highest BCUT2D eigenvalue weighted by Crippen LogP contribution is 2.37. The van der Waals surface area contributed by atoms with Gasteiger partial charge in [-0.3, -0.25) is 4.79 Å². The Kier molecular flexibility index (Phi) is 5.66. The van der Waals surface area contributed by atoms with Gasteiger partial charge in [0.25, 0.3) is 5.91 Å². The van der Waals surface area contributed by atoms with Crippen molar-refractivity contribution in [2.45, 2.75) is 18.9 Å². The van der Waals surface area contributed by atoms with Gasteiger partial charge in [-0.05, 0) is 42.7 Å². The van der Waals surface area contributed by atoms with Crippen LogP contribution in [-0.2, 0) is 0 Å². The molecule has 1 fully saturated rings. The van der Waals surface area contributed by atoms with E-state index in [1.807, 2.05) is 41.3 Å². The highest BCUT2D eigenvalue weighted by Gasteiger charge is 2.34. The Labute approximate surface area is 195 Å². The minimum Gasteiger partial charge on any atom is -0.368 e. The van der Waals surface area contributed by atoms with Gasteiger partial charge in [0, 0.05) is 41.3 Å². The molecule has 0 radical (unpaired) electrons. The zero-order valence-electron chi connectivity index (χ0n) is 17.6. The molecule has 4 heterocycles. The number of hydrogen-bond donors (Lipinski definition) is 1. The van der Waals surface area contributed by atoms with Crippen LogP contribution in [0.4, 0.5) is 5.95 Å². The molecule has 8 nitrogen and oxygen atoms in total. The van der Waals surface area contributed by atoms with Crippen LogP contribution in [0.25, 0.3) is 22.4 Å². The molecule has 0 unspecified atom stereocenters. The minimum atomic E-state index is -0.237. The Morgan fingerprint density at radius 1 is 1.00 bits per heavy atom. The van der Waals surface area contributed by atoms with Gasteiger partial charge < -0.3 is 10.6 Å². The van der Waals surface area contributed by atoms with Gasteiger partial charge in [-0.15, -0.1) is 0 Å². The highest BCUT2D eigenvalue weighted by molar-refractivity contribution is 6.30. The van der Waals surface area contributed by atoms with Gasteiger partial charge in [0.1, 0.15) is 12.0 Å². The maximum Gasteiger partial charge on any atom is 0.273 e. The second-order valence-electron chi connectivity index (χ2n) is 7.73. The van der Waals surface area contributed by atoms with Gasteiger partial charge in [0.15, 0.2) is 0 Å². The summed E-state index contributed by atoms with van der Waals surface area (Å²) in [7, 11) is 0. The van der Waals surface area contributed by atoms with Gasteiger partial charge in [-0.2, -0.15) is 0 Å². The van der Waals surface area contributed by atoms with Crippen LogP contribution < -0.4 is 5.73 Å². The van der Waals surface area contributed by atoms with E-state index in [-0.39, 0.29) is 17.9 Å². The quantitative estimate of drug-likeness (QED) is 0.488. The van der Waals surface area contributed by atoms with Crippen molar-refractivity contribution >= 4 is 23.5 Å². The molecule has 1 atom stereocenters. The Balaban J connectivity index is 1.50. The molecule has 4 aromatic rings. The van der Waals surface area contributed by atoms with Crippen molar-refractivity contribution in [1.82, 2.24) is 29.8 Å². The van der Waals surface area contributed by atoms with Gasteiger partial charge in [-0.1, -0.05) is 29.8 Å². The molecule has 3 aromatic heterocycles. The molecule has 1 amide bonds. The van der Waals surface area contributed by atoms with Crippen LogP contribution in [0.3, 0.4) is 0 Å². The first-order valence-electron chi connectivity index (χ1n) is 10.5. The smallest absolute Gasteiger partial charge is 0.273 e. The summed E-state index contributed by atoms with van der Waals surface area (Å²) in [5, 5.41) is 0.643. The van der Waals surface area contributed by atoms with E-state index in [9.17, 15) is 4.79 Å². The fraction of sp³-hybridized carbons (Fsp3) is 0.167. The molecule has 164 valence electrons. The summed E-state index contributed by atoms with van der Waals surface area (Å²) < 4.78 is 0. The maximum atomic E-state index is 13.5. The predicted molar refractivity (Wildman–Crippen MR) is 125 cm³/mol. The van der Waals surface area contributed by atoms with Gasteiger partial charge in [0.05, 0.1) is 17.4 Å². The third kappa shape index (κ3) is 4.25. The number of amides is 1. The lowest BCUT2D eigenvalue weighted by molar-refractivity contribution is 0.0727. The average Bonchev–Trinajstić information content (AvgIpc) is 3.35. The first-order valence-corrected chi connectivity index (χ1v) is 10.9. The molecule has 1 aliphatic rings. The van der Waals surface area contributed by atoms with Crippen molar-refractivity contribution < 1.29 is 4.79 Å². The number of rotatable bonds is 4. The Hall–Kier alpha value is -3.91. The number of nitrogens with two attached hydrogens (primary N) is 1. The number of pyridine rings is 1. The average molecular weight is 458 g/mol. The molecule has 2 N–H and O–H groups in total. The zero-order valence-corrected chi connectivity index (χ0v) is 18.4. The highest BCUT2D eigenvalue weighted by atomic mass is 35.5. The molecule has 5 rings (SSSR count). The van der Waals surface area contributed by atoms with Crippen molar-refractivity contribution in [2.75, 3.05) is 12.3 Å². The number of carbonyl (C=O) groups excluding carboxylic acids is 1. The molecule has 0 spiro atoms. The number of halogens is 1. The summed E-state index contributed by atoms with van der Waals surface area (Å²) in [4.78, 5) is 36.7. The number of nitrogens with zero attached hydrogens (tertiary/aromatic N) is 6. The van der Waals surface area contributed by atoms with E-state index < -0.39 is 0 Å². The molecule has 1 aromatic carbocycles. The number of hydrogen-bond acceptors (Lipinski definition) is 7. The SMILES string of the molecule is Nc1ncc(-c2ccc(Cl)cc2)c([C@H]2CCCN2C(=O)c2cccc(-c3cncnc3)n2)n1. The van der Waals surface area contributed by atoms with Gasteiger partial charge in [0.2, 0.25) is 5.95 Å². The van der Waals surface area contributed by atoms with E-state index >= 15 is 0 Å². The lowest BCUT2D eigenvalue weighted by atomic mass is 9.99. The molecule has 0 aliphatic carbocycles. The topological polar surface area (TPSA) is 111 Å². The number of anilines is 1. The molecular weight excluding hydrogens is 438 g/mol. The van der Waals surface area contributed by atoms with Crippen molar-refractivity contribution in [1.29, 1.82) is 0 Å². The second kappa shape index (κ2) is 8.91. The fourth-order valence-electron chi connectivity index (χ4n) is 4.10. The normalized spacial score (nSPS) is 15.5. The first kappa shape index (κ1) is 21.0. The van der Waals surface area contributed by atoms with Crippen molar-refractivity contribution in [3.05, 3.63) is 83.8 Å². The summed E-state index contributed by atoms with van der Waals surface area (Å²) in [6, 6.07) is 12.6. The summed E-state index contributed by atoms with van der Waals surface area (Å²) >= 11 is 6.06. The van der Waals surface area contributed by atoms with Crippen molar-refractivity contribution in [3.63, 3.8) is 0 Å². The van der Waals surface area contributed by atoms with E-state index in [2.05, 4.69) is 24.9 Å². The second-order valence-corrected chi connectivity index (χ2v) is 8.16. The van der Waals surface area contributed by atoms with E-state index in [1.54, 1.807) is 24.7 Å². The monoisotopic (exact) mass is 457 g/mol. The Morgan fingerprint density at radius 2 is 1.79 bits per heavy atom. The molecule has 0 saturated carbocycles. The van der Waals surface area contributed by atoms with Crippen LogP contribution in [0.1, 0.15) is 35.1 Å². The largest absolute Gasteiger partial charge is 0.368 e. The predicted octanol–water partition coefficient (Wildman–Crippen LogP) is 4.21. The van der Waals surface area contributed by atoms with Crippen LogP contribution in [0.5, 0.6) is 0 Å². The summed E-state index contributed by atoms with van der Waals surface area (Å²) in [5.74, 6) is 0.0154. The zero-order chi connectivity index (χ0) is 22.8. The van der Waals surface area contributed by atoms with Gasteiger partial charge in [-0.25, -0.2) is 24.9 Å². The van der Waals surface area contributed by atoms with Crippen molar-refractivity contribution in [2.24, 2.45) is 0 Å². The maximum absolute atomic E-state index is 13.5. The molecule has 9 heteroatoms. The van der Waals surface area contributed by atoms with E-state index in [4.69, 9.17) is 17.3 Å². The van der Waals surface area contributed by atoms with E-state index in [0.29, 0.717) is 23.0 Å². The standard InChI is InChI=1S/C24H20ClN7O/c25-17-8-6-15(7-9-17)18-13-29-24(26)31-22(18)21-5-2-10-32(21)23(33)20-4-1-3-19(30-20)16-11-27-14-28-12-16/h1,3-4,6-9,11-14,21H,2,5,10H2,(H2,26,29,31)/t21-/m1/s1. The summed E-state index contributed by atoms with van der Waals surface area (Å²) in [6.45, 7) is 0.605. The van der Waals surface area contributed by atoms with Crippen molar-refractivity contribution in [3.8, 4) is 22.4 Å².